The number of hydrogen-bond donors (Lipinski definition) is 1. The van der Waals surface area contributed by atoms with Gasteiger partial charge in [0.25, 0.3) is 8.53 Å². The molecule has 0 aromatic carbocycles. The van der Waals surface area contributed by atoms with Crippen molar-refractivity contribution in [2.75, 3.05) is 6.61 Å². The Kier molecular flexibility index (Phi) is 8.78. The summed E-state index contributed by atoms with van der Waals surface area (Å²) >= 11 is 0. The van der Waals surface area contributed by atoms with E-state index in [9.17, 15) is 4.89 Å². The summed E-state index contributed by atoms with van der Waals surface area (Å²) in [6.07, 6.45) is 2.28. The zero-order chi connectivity index (χ0) is 12.6. The van der Waals surface area contributed by atoms with Gasteiger partial charge >= 0.3 is 0 Å². The molecule has 0 aliphatic carbocycles. The molecule has 0 aliphatic heterocycles. The van der Waals surface area contributed by atoms with Crippen LogP contribution in [-0.4, -0.2) is 28.3 Å². The Morgan fingerprint density at radius 1 is 1.31 bits per heavy atom. The number of rotatable bonds is 8. The third kappa shape index (κ3) is 5.23. The average Bonchev–Trinajstić information content (AvgIpc) is 2.29. The molecule has 0 aromatic rings. The summed E-state index contributed by atoms with van der Waals surface area (Å²) in [5.74, 6) is 0. The van der Waals surface area contributed by atoms with E-state index in [-0.39, 0.29) is 0 Å². The van der Waals surface area contributed by atoms with E-state index in [0.29, 0.717) is 25.1 Å². The Labute approximate surface area is 100 Å². The predicted molar refractivity (Wildman–Crippen MR) is 66.7 cm³/mol. The predicted octanol–water partition coefficient (Wildman–Crippen LogP) is 3.03. The van der Waals surface area contributed by atoms with Crippen LogP contribution in [0.3, 0.4) is 0 Å². The minimum Gasteiger partial charge on any atom is -0.338 e. The molecule has 0 aliphatic rings. The van der Waals surface area contributed by atoms with Crippen molar-refractivity contribution in [3.8, 4) is 6.07 Å². The fourth-order valence-electron chi connectivity index (χ4n) is 1.39. The van der Waals surface area contributed by atoms with Gasteiger partial charge in [0.15, 0.2) is 0 Å². The van der Waals surface area contributed by atoms with Crippen molar-refractivity contribution < 1.29 is 9.42 Å². The molecule has 0 saturated carbocycles. The molecule has 3 unspecified atom stereocenters. The standard InChI is InChI=1S/C11H23N2O2P/c1-5-10(3)13(11(4)6-2)16(14)15-9-7-8-12/h10-11,14H,5-7,9H2,1-4H3. The lowest BCUT2D eigenvalue weighted by atomic mass is 10.2. The highest BCUT2D eigenvalue weighted by Gasteiger charge is 2.26. The fraction of sp³-hybridized carbons (Fsp3) is 0.909. The normalized spacial score (nSPS) is 16.8. The lowest BCUT2D eigenvalue weighted by Crippen LogP contribution is -2.35. The molecule has 0 aromatic heterocycles. The van der Waals surface area contributed by atoms with Crippen LogP contribution >= 0.6 is 8.53 Å². The van der Waals surface area contributed by atoms with Gasteiger partial charge in [-0.2, -0.15) is 5.26 Å². The van der Waals surface area contributed by atoms with Gasteiger partial charge in [-0.05, 0) is 26.7 Å². The van der Waals surface area contributed by atoms with Crippen molar-refractivity contribution in [2.45, 2.75) is 59.0 Å². The Morgan fingerprint density at radius 3 is 2.19 bits per heavy atom. The van der Waals surface area contributed by atoms with Crippen molar-refractivity contribution >= 4 is 8.53 Å². The minimum absolute atomic E-state index is 0.299. The molecule has 0 bridgehead atoms. The number of hydrogen-bond acceptors (Lipinski definition) is 4. The monoisotopic (exact) mass is 246 g/mol. The second-order valence-electron chi connectivity index (χ2n) is 3.89. The maximum absolute atomic E-state index is 10.00. The Morgan fingerprint density at radius 2 is 1.81 bits per heavy atom. The summed E-state index contributed by atoms with van der Waals surface area (Å²) in [5, 5.41) is 8.41. The van der Waals surface area contributed by atoms with Crippen LogP contribution in [0, 0.1) is 11.3 Å². The van der Waals surface area contributed by atoms with Crippen LogP contribution in [0.1, 0.15) is 47.0 Å². The molecule has 0 rings (SSSR count). The molecule has 0 spiro atoms. The van der Waals surface area contributed by atoms with E-state index in [1.807, 2.05) is 10.7 Å². The van der Waals surface area contributed by atoms with Crippen molar-refractivity contribution in [3.63, 3.8) is 0 Å². The van der Waals surface area contributed by atoms with E-state index in [2.05, 4.69) is 27.7 Å². The number of nitrogens with zero attached hydrogens (tertiary/aromatic N) is 2. The van der Waals surface area contributed by atoms with Crippen molar-refractivity contribution in [1.82, 2.24) is 4.67 Å². The first-order valence-corrected chi connectivity index (χ1v) is 7.02. The molecular formula is C11H23N2O2P. The van der Waals surface area contributed by atoms with Crippen LogP contribution < -0.4 is 0 Å². The zero-order valence-electron chi connectivity index (χ0n) is 10.7. The minimum atomic E-state index is -1.56. The van der Waals surface area contributed by atoms with Crippen LogP contribution in [0.15, 0.2) is 0 Å². The first-order valence-electron chi connectivity index (χ1n) is 5.85. The largest absolute Gasteiger partial charge is 0.338 e. The molecule has 0 fully saturated rings. The van der Waals surface area contributed by atoms with E-state index in [0.717, 1.165) is 12.8 Å². The quantitative estimate of drug-likeness (QED) is 0.528. The van der Waals surface area contributed by atoms with E-state index in [4.69, 9.17) is 9.79 Å². The van der Waals surface area contributed by atoms with Crippen LogP contribution in [-0.2, 0) is 4.52 Å². The second kappa shape index (κ2) is 8.90. The van der Waals surface area contributed by atoms with Gasteiger partial charge in [0.05, 0.1) is 19.1 Å². The van der Waals surface area contributed by atoms with Crippen molar-refractivity contribution in [3.05, 3.63) is 0 Å². The molecular weight excluding hydrogens is 223 g/mol. The maximum atomic E-state index is 10.00. The third-order valence-corrected chi connectivity index (χ3v) is 4.30. The van der Waals surface area contributed by atoms with E-state index in [1.54, 1.807) is 0 Å². The molecule has 5 heteroatoms. The van der Waals surface area contributed by atoms with Gasteiger partial charge in [-0.25, -0.2) is 4.67 Å². The van der Waals surface area contributed by atoms with Crippen LogP contribution in [0.25, 0.3) is 0 Å². The molecule has 3 atom stereocenters. The molecule has 0 saturated heterocycles. The van der Waals surface area contributed by atoms with Gasteiger partial charge in [-0.3, -0.25) is 0 Å². The van der Waals surface area contributed by atoms with E-state index < -0.39 is 8.53 Å². The van der Waals surface area contributed by atoms with Gasteiger partial charge in [0, 0.05) is 12.1 Å². The highest BCUT2D eigenvalue weighted by Crippen LogP contribution is 2.41. The summed E-state index contributed by atoms with van der Waals surface area (Å²) in [5.41, 5.74) is 0. The first kappa shape index (κ1) is 15.8. The molecule has 16 heavy (non-hydrogen) atoms. The number of nitriles is 1. The highest BCUT2D eigenvalue weighted by atomic mass is 31.2. The van der Waals surface area contributed by atoms with Crippen LogP contribution in [0.4, 0.5) is 0 Å². The topological polar surface area (TPSA) is 56.5 Å². The van der Waals surface area contributed by atoms with Gasteiger partial charge in [0.2, 0.25) is 0 Å². The Bertz CT molecular complexity index is 211. The summed E-state index contributed by atoms with van der Waals surface area (Å²) in [4.78, 5) is 10.00. The molecule has 94 valence electrons. The van der Waals surface area contributed by atoms with Gasteiger partial charge < -0.3 is 9.42 Å². The zero-order valence-corrected chi connectivity index (χ0v) is 11.6. The molecule has 4 nitrogen and oxygen atoms in total. The van der Waals surface area contributed by atoms with Crippen LogP contribution in [0.5, 0.6) is 0 Å². The molecule has 1 N–H and O–H groups in total. The first-order chi connectivity index (χ1) is 7.58. The Hall–Kier alpha value is -0.200. The second-order valence-corrected chi connectivity index (χ2v) is 5.11. The molecule has 0 amide bonds. The highest BCUT2D eigenvalue weighted by molar-refractivity contribution is 7.43. The lowest BCUT2D eigenvalue weighted by molar-refractivity contribution is 0.195. The smallest absolute Gasteiger partial charge is 0.256 e. The van der Waals surface area contributed by atoms with Gasteiger partial charge in [-0.1, -0.05) is 13.8 Å². The average molecular weight is 246 g/mol. The Balaban J connectivity index is 4.32. The summed E-state index contributed by atoms with van der Waals surface area (Å²) in [6.45, 7) is 8.68. The molecule has 0 radical (unpaired) electrons. The summed E-state index contributed by atoms with van der Waals surface area (Å²) in [6, 6.07) is 2.60. The van der Waals surface area contributed by atoms with Crippen molar-refractivity contribution in [1.29, 1.82) is 5.26 Å². The fourth-order valence-corrected chi connectivity index (χ4v) is 2.77. The van der Waals surface area contributed by atoms with E-state index >= 15 is 0 Å². The van der Waals surface area contributed by atoms with Crippen LogP contribution in [0.2, 0.25) is 0 Å². The SMILES string of the molecule is CCC(C)N(C(C)CC)P(O)OCCC#N. The van der Waals surface area contributed by atoms with Gasteiger partial charge in [-0.15, -0.1) is 0 Å². The van der Waals surface area contributed by atoms with E-state index in [1.165, 1.54) is 0 Å². The maximum Gasteiger partial charge on any atom is 0.256 e. The lowest BCUT2D eigenvalue weighted by Gasteiger charge is -2.35. The summed E-state index contributed by atoms with van der Waals surface area (Å²) < 4.78 is 7.33. The van der Waals surface area contributed by atoms with Crippen molar-refractivity contribution in [2.24, 2.45) is 0 Å². The summed E-state index contributed by atoms with van der Waals surface area (Å²) in [7, 11) is -1.56. The van der Waals surface area contributed by atoms with Gasteiger partial charge in [0.1, 0.15) is 0 Å². The molecule has 0 heterocycles. The third-order valence-electron chi connectivity index (χ3n) is 2.70.